The topological polar surface area (TPSA) is 49.4 Å². The third kappa shape index (κ3) is 6.60. The number of hydrogen-bond donors (Lipinski definition) is 1. The van der Waals surface area contributed by atoms with Gasteiger partial charge in [-0.05, 0) is 43.2 Å². The van der Waals surface area contributed by atoms with E-state index in [0.29, 0.717) is 24.5 Å². The minimum atomic E-state index is -0.496. The molecule has 0 aromatic heterocycles. The summed E-state index contributed by atoms with van der Waals surface area (Å²) in [4.78, 5) is 28.2. The summed E-state index contributed by atoms with van der Waals surface area (Å²) in [6.45, 7) is 4.71. The number of likely N-dealkylation sites (N-methyl/N-ethyl adjacent to an activating group) is 1. The molecule has 0 bridgehead atoms. The predicted octanol–water partition coefficient (Wildman–Crippen LogP) is 4.38. The van der Waals surface area contributed by atoms with E-state index >= 15 is 0 Å². The molecule has 2 amide bonds. The standard InChI is InChI=1S/C21H25ClN2O2S/c1-3-19(21(26)23-4-2)24(14-16-10-12-17(22)13-11-16)20(25)15-27-18-8-6-5-7-9-18/h5-13,19H,3-4,14-15H2,1-2H3,(H,23,26). The second kappa shape index (κ2) is 11.0. The molecule has 27 heavy (non-hydrogen) atoms. The normalized spacial score (nSPS) is 11.7. The van der Waals surface area contributed by atoms with Crippen LogP contribution in [0.25, 0.3) is 0 Å². The highest BCUT2D eigenvalue weighted by atomic mass is 35.5. The molecule has 1 unspecified atom stereocenters. The second-order valence-electron chi connectivity index (χ2n) is 6.07. The van der Waals surface area contributed by atoms with Crippen molar-refractivity contribution in [3.63, 3.8) is 0 Å². The Labute approximate surface area is 170 Å². The first-order chi connectivity index (χ1) is 13.0. The van der Waals surface area contributed by atoms with Gasteiger partial charge in [-0.25, -0.2) is 0 Å². The van der Waals surface area contributed by atoms with Gasteiger partial charge in [0.15, 0.2) is 0 Å². The fourth-order valence-electron chi connectivity index (χ4n) is 2.74. The van der Waals surface area contributed by atoms with Crippen molar-refractivity contribution in [2.24, 2.45) is 0 Å². The van der Waals surface area contributed by atoms with E-state index in [2.05, 4.69) is 5.32 Å². The van der Waals surface area contributed by atoms with E-state index in [1.165, 1.54) is 11.8 Å². The number of nitrogens with one attached hydrogen (secondary N) is 1. The van der Waals surface area contributed by atoms with E-state index in [4.69, 9.17) is 11.6 Å². The Balaban J connectivity index is 2.17. The number of amides is 2. The van der Waals surface area contributed by atoms with Gasteiger partial charge in [0.1, 0.15) is 6.04 Å². The van der Waals surface area contributed by atoms with Gasteiger partial charge < -0.3 is 10.2 Å². The van der Waals surface area contributed by atoms with Crippen molar-refractivity contribution in [2.75, 3.05) is 12.3 Å². The van der Waals surface area contributed by atoms with Gasteiger partial charge in [-0.2, -0.15) is 0 Å². The quantitative estimate of drug-likeness (QED) is 0.631. The molecule has 2 aromatic rings. The molecule has 0 saturated carbocycles. The Kier molecular flexibility index (Phi) is 8.69. The van der Waals surface area contributed by atoms with Crippen molar-refractivity contribution in [2.45, 2.75) is 37.8 Å². The third-order valence-electron chi connectivity index (χ3n) is 4.11. The third-order valence-corrected chi connectivity index (χ3v) is 5.36. The highest BCUT2D eigenvalue weighted by molar-refractivity contribution is 8.00. The molecule has 6 heteroatoms. The van der Waals surface area contributed by atoms with Crippen LogP contribution in [0.4, 0.5) is 0 Å². The van der Waals surface area contributed by atoms with E-state index in [1.807, 2.05) is 56.3 Å². The first-order valence-corrected chi connectivity index (χ1v) is 10.4. The van der Waals surface area contributed by atoms with Gasteiger partial charge >= 0.3 is 0 Å². The van der Waals surface area contributed by atoms with Crippen molar-refractivity contribution in [1.29, 1.82) is 0 Å². The maximum absolute atomic E-state index is 13.0. The maximum Gasteiger partial charge on any atom is 0.242 e. The molecule has 0 aliphatic rings. The molecule has 0 heterocycles. The van der Waals surface area contributed by atoms with Crippen LogP contribution >= 0.6 is 23.4 Å². The average molecular weight is 405 g/mol. The van der Waals surface area contributed by atoms with Crippen molar-refractivity contribution in [1.82, 2.24) is 10.2 Å². The van der Waals surface area contributed by atoms with Gasteiger partial charge in [0.25, 0.3) is 0 Å². The number of thioether (sulfide) groups is 1. The van der Waals surface area contributed by atoms with Gasteiger partial charge in [0.05, 0.1) is 5.75 Å². The highest BCUT2D eigenvalue weighted by Crippen LogP contribution is 2.20. The summed E-state index contributed by atoms with van der Waals surface area (Å²) in [5, 5.41) is 3.49. The largest absolute Gasteiger partial charge is 0.355 e. The molecule has 2 rings (SSSR count). The summed E-state index contributed by atoms with van der Waals surface area (Å²) >= 11 is 7.44. The number of carbonyl (C=O) groups excluding carboxylic acids is 2. The van der Waals surface area contributed by atoms with Gasteiger partial charge in [0.2, 0.25) is 11.8 Å². The van der Waals surface area contributed by atoms with E-state index in [1.54, 1.807) is 17.0 Å². The van der Waals surface area contributed by atoms with Crippen LogP contribution in [-0.4, -0.2) is 35.1 Å². The predicted molar refractivity (Wildman–Crippen MR) is 112 cm³/mol. The molecule has 0 saturated heterocycles. The first kappa shape index (κ1) is 21.3. The Morgan fingerprint density at radius 1 is 1.07 bits per heavy atom. The summed E-state index contributed by atoms with van der Waals surface area (Å²) in [7, 11) is 0. The number of benzene rings is 2. The lowest BCUT2D eigenvalue weighted by Crippen LogP contribution is -2.49. The second-order valence-corrected chi connectivity index (χ2v) is 7.55. The van der Waals surface area contributed by atoms with Crippen LogP contribution < -0.4 is 5.32 Å². The van der Waals surface area contributed by atoms with E-state index < -0.39 is 6.04 Å². The molecule has 4 nitrogen and oxygen atoms in total. The Morgan fingerprint density at radius 3 is 2.33 bits per heavy atom. The summed E-state index contributed by atoms with van der Waals surface area (Å²) in [5.41, 5.74) is 0.945. The Hall–Kier alpha value is -1.98. The molecular formula is C21H25ClN2O2S. The molecule has 144 valence electrons. The average Bonchev–Trinajstić information content (AvgIpc) is 2.68. The number of hydrogen-bond acceptors (Lipinski definition) is 3. The zero-order chi connectivity index (χ0) is 19.6. The maximum atomic E-state index is 13.0. The molecule has 1 N–H and O–H groups in total. The van der Waals surface area contributed by atoms with Crippen molar-refractivity contribution in [3.8, 4) is 0 Å². The smallest absolute Gasteiger partial charge is 0.242 e. The van der Waals surface area contributed by atoms with E-state index in [0.717, 1.165) is 10.5 Å². The van der Waals surface area contributed by atoms with Crippen LogP contribution in [0.15, 0.2) is 59.5 Å². The van der Waals surface area contributed by atoms with Gasteiger partial charge in [0, 0.05) is 23.0 Å². The molecule has 0 aliphatic carbocycles. The zero-order valence-corrected chi connectivity index (χ0v) is 17.2. The molecule has 0 radical (unpaired) electrons. The van der Waals surface area contributed by atoms with Crippen LogP contribution in [0.3, 0.4) is 0 Å². The van der Waals surface area contributed by atoms with E-state index in [9.17, 15) is 9.59 Å². The first-order valence-electron chi connectivity index (χ1n) is 9.04. The number of nitrogens with zero attached hydrogens (tertiary/aromatic N) is 1. The molecule has 2 aromatic carbocycles. The Bertz CT molecular complexity index is 738. The lowest BCUT2D eigenvalue weighted by molar-refractivity contribution is -0.139. The Morgan fingerprint density at radius 2 is 1.74 bits per heavy atom. The van der Waals surface area contributed by atoms with Gasteiger partial charge in [-0.1, -0.05) is 48.9 Å². The number of halogens is 1. The van der Waals surface area contributed by atoms with Crippen LogP contribution in [-0.2, 0) is 16.1 Å². The van der Waals surface area contributed by atoms with Crippen LogP contribution in [0, 0.1) is 0 Å². The van der Waals surface area contributed by atoms with Gasteiger partial charge in [-0.3, -0.25) is 9.59 Å². The molecule has 0 fully saturated rings. The van der Waals surface area contributed by atoms with Gasteiger partial charge in [-0.15, -0.1) is 11.8 Å². The molecule has 0 aliphatic heterocycles. The zero-order valence-electron chi connectivity index (χ0n) is 15.7. The minimum Gasteiger partial charge on any atom is -0.355 e. The summed E-state index contributed by atoms with van der Waals surface area (Å²) < 4.78 is 0. The monoisotopic (exact) mass is 404 g/mol. The van der Waals surface area contributed by atoms with E-state index in [-0.39, 0.29) is 17.6 Å². The summed E-state index contributed by atoms with van der Waals surface area (Å²) in [6, 6.07) is 16.7. The molecule has 0 spiro atoms. The van der Waals surface area contributed by atoms with Crippen molar-refractivity contribution >= 4 is 35.2 Å². The SMILES string of the molecule is CCNC(=O)C(CC)N(Cc1ccc(Cl)cc1)C(=O)CSc1ccccc1. The lowest BCUT2D eigenvalue weighted by atomic mass is 10.1. The molecule has 1 atom stereocenters. The summed E-state index contributed by atoms with van der Waals surface area (Å²) in [6.07, 6.45) is 0.557. The lowest BCUT2D eigenvalue weighted by Gasteiger charge is -2.30. The van der Waals surface area contributed by atoms with Crippen molar-refractivity contribution < 1.29 is 9.59 Å². The highest BCUT2D eigenvalue weighted by Gasteiger charge is 2.28. The molecular weight excluding hydrogens is 380 g/mol. The fraction of sp³-hybridized carbons (Fsp3) is 0.333. The number of rotatable bonds is 9. The minimum absolute atomic E-state index is 0.0584. The van der Waals surface area contributed by atoms with Crippen molar-refractivity contribution in [3.05, 3.63) is 65.2 Å². The van der Waals surface area contributed by atoms with Crippen LogP contribution in [0.5, 0.6) is 0 Å². The van der Waals surface area contributed by atoms with Crippen LogP contribution in [0.1, 0.15) is 25.8 Å². The summed E-state index contributed by atoms with van der Waals surface area (Å²) in [5.74, 6) is 0.108. The fourth-order valence-corrected chi connectivity index (χ4v) is 3.67. The van der Waals surface area contributed by atoms with Crippen LogP contribution in [0.2, 0.25) is 5.02 Å². The number of carbonyl (C=O) groups is 2.